The molecule has 0 aromatic heterocycles. The van der Waals surface area contributed by atoms with Crippen LogP contribution in [0.3, 0.4) is 0 Å². The van der Waals surface area contributed by atoms with E-state index in [-0.39, 0.29) is 24.3 Å². The molecular weight excluding hydrogens is 250 g/mol. The fraction of sp³-hybridized carbons (Fsp3) is 0.750. The molecule has 0 bridgehead atoms. The maximum Gasteiger partial charge on any atom is 0.320 e. The number of carbonyl (C=O) groups excluding carboxylic acids is 2. The number of amides is 2. The predicted molar refractivity (Wildman–Crippen MR) is 66.4 cm³/mol. The number of rotatable bonds is 3. The van der Waals surface area contributed by atoms with Crippen LogP contribution in [0.15, 0.2) is 0 Å². The number of imide groups is 1. The van der Waals surface area contributed by atoms with E-state index >= 15 is 0 Å². The monoisotopic (exact) mass is 269 g/mol. The van der Waals surface area contributed by atoms with Gasteiger partial charge < -0.3 is 5.11 Å². The highest BCUT2D eigenvalue weighted by atomic mass is 16.4. The van der Waals surface area contributed by atoms with Crippen LogP contribution >= 0.6 is 0 Å². The van der Waals surface area contributed by atoms with E-state index in [4.69, 9.17) is 5.11 Å². The average molecular weight is 269 g/mol. The summed E-state index contributed by atoms with van der Waals surface area (Å²) in [5, 5.41) is 8.96. The molecule has 2 rings (SSSR count). The Morgan fingerprint density at radius 1 is 1.26 bits per heavy atom. The molecule has 106 valence electrons. The maximum absolute atomic E-state index is 11.9. The van der Waals surface area contributed by atoms with Crippen LogP contribution in [0.2, 0.25) is 0 Å². The Bertz CT molecular complexity index is 404. The van der Waals surface area contributed by atoms with Gasteiger partial charge in [-0.25, -0.2) is 0 Å². The SMILES string of the molecule is CC(C(=O)O)N1CCN(C2CC(=O)N(C)C2=O)CC1. The van der Waals surface area contributed by atoms with Crippen molar-refractivity contribution in [3.63, 3.8) is 0 Å². The number of carboxylic acids is 1. The van der Waals surface area contributed by atoms with Crippen molar-refractivity contribution in [2.45, 2.75) is 25.4 Å². The van der Waals surface area contributed by atoms with Gasteiger partial charge in [0, 0.05) is 33.2 Å². The maximum atomic E-state index is 11.9. The molecule has 0 aliphatic carbocycles. The summed E-state index contributed by atoms with van der Waals surface area (Å²) in [5.41, 5.74) is 0. The number of piperazine rings is 1. The van der Waals surface area contributed by atoms with Crippen LogP contribution < -0.4 is 0 Å². The number of aliphatic carboxylic acids is 1. The minimum Gasteiger partial charge on any atom is -0.480 e. The van der Waals surface area contributed by atoms with Crippen molar-refractivity contribution in [1.82, 2.24) is 14.7 Å². The van der Waals surface area contributed by atoms with Crippen LogP contribution in [-0.2, 0) is 14.4 Å². The molecule has 2 heterocycles. The molecule has 1 N–H and O–H groups in total. The fourth-order valence-corrected chi connectivity index (χ4v) is 2.61. The molecule has 2 atom stereocenters. The summed E-state index contributed by atoms with van der Waals surface area (Å²) >= 11 is 0. The summed E-state index contributed by atoms with van der Waals surface area (Å²) in [7, 11) is 1.51. The van der Waals surface area contributed by atoms with Gasteiger partial charge in [0.15, 0.2) is 0 Å². The lowest BCUT2D eigenvalue weighted by molar-refractivity contribution is -0.144. The Morgan fingerprint density at radius 2 is 1.84 bits per heavy atom. The van der Waals surface area contributed by atoms with E-state index in [2.05, 4.69) is 0 Å². The number of likely N-dealkylation sites (tertiary alicyclic amines) is 1. The van der Waals surface area contributed by atoms with Gasteiger partial charge in [-0.15, -0.1) is 0 Å². The van der Waals surface area contributed by atoms with Crippen LogP contribution in [-0.4, -0.2) is 82.9 Å². The summed E-state index contributed by atoms with van der Waals surface area (Å²) in [4.78, 5) is 39.3. The van der Waals surface area contributed by atoms with Gasteiger partial charge in [0.2, 0.25) is 11.8 Å². The fourth-order valence-electron chi connectivity index (χ4n) is 2.61. The normalized spacial score (nSPS) is 27.9. The van der Waals surface area contributed by atoms with Crippen LogP contribution in [0.4, 0.5) is 0 Å². The van der Waals surface area contributed by atoms with Crippen LogP contribution in [0, 0.1) is 0 Å². The number of carboxylic acid groups (broad SMARTS) is 1. The lowest BCUT2D eigenvalue weighted by Gasteiger charge is -2.38. The number of hydrogen-bond donors (Lipinski definition) is 1. The quantitative estimate of drug-likeness (QED) is 0.651. The molecule has 19 heavy (non-hydrogen) atoms. The topological polar surface area (TPSA) is 81.2 Å². The smallest absolute Gasteiger partial charge is 0.320 e. The minimum absolute atomic E-state index is 0.142. The van der Waals surface area contributed by atoms with E-state index in [1.165, 1.54) is 11.9 Å². The third kappa shape index (κ3) is 2.62. The Morgan fingerprint density at radius 3 is 2.26 bits per heavy atom. The van der Waals surface area contributed by atoms with E-state index in [1.807, 2.05) is 9.80 Å². The average Bonchev–Trinajstić information content (AvgIpc) is 2.66. The molecule has 7 heteroatoms. The zero-order valence-corrected chi connectivity index (χ0v) is 11.2. The Hall–Kier alpha value is -1.47. The highest BCUT2D eigenvalue weighted by Gasteiger charge is 2.41. The molecule has 2 unspecified atom stereocenters. The van der Waals surface area contributed by atoms with Gasteiger partial charge in [-0.05, 0) is 6.92 Å². The van der Waals surface area contributed by atoms with Gasteiger partial charge in [0.25, 0.3) is 0 Å². The van der Waals surface area contributed by atoms with Crippen molar-refractivity contribution >= 4 is 17.8 Å². The third-order valence-corrected chi connectivity index (χ3v) is 4.05. The summed E-state index contributed by atoms with van der Waals surface area (Å²) in [5.74, 6) is -1.12. The summed E-state index contributed by atoms with van der Waals surface area (Å²) in [6.07, 6.45) is 0.240. The Labute approximate surface area is 111 Å². The van der Waals surface area contributed by atoms with Crippen molar-refractivity contribution in [3.05, 3.63) is 0 Å². The molecule has 0 radical (unpaired) electrons. The second kappa shape index (κ2) is 5.26. The minimum atomic E-state index is -0.833. The first-order valence-corrected chi connectivity index (χ1v) is 6.43. The van der Waals surface area contributed by atoms with Crippen molar-refractivity contribution in [3.8, 4) is 0 Å². The lowest BCUT2D eigenvalue weighted by atomic mass is 10.1. The van der Waals surface area contributed by atoms with Gasteiger partial charge in [0.1, 0.15) is 6.04 Å². The molecule has 2 fully saturated rings. The van der Waals surface area contributed by atoms with Crippen LogP contribution in [0.5, 0.6) is 0 Å². The van der Waals surface area contributed by atoms with Gasteiger partial charge >= 0.3 is 5.97 Å². The molecule has 7 nitrogen and oxygen atoms in total. The standard InChI is InChI=1S/C12H19N3O4/c1-8(12(18)19)14-3-5-15(6-4-14)9-7-10(16)13(2)11(9)17/h8-9H,3-7H2,1-2H3,(H,18,19). The Kier molecular flexibility index (Phi) is 3.86. The molecule has 0 aromatic carbocycles. The largest absolute Gasteiger partial charge is 0.480 e. The third-order valence-electron chi connectivity index (χ3n) is 4.05. The molecule has 0 saturated carbocycles. The number of likely N-dealkylation sites (N-methyl/N-ethyl adjacent to an activating group) is 1. The second-order valence-corrected chi connectivity index (χ2v) is 5.10. The molecule has 2 amide bonds. The second-order valence-electron chi connectivity index (χ2n) is 5.10. The van der Waals surface area contributed by atoms with E-state index in [0.717, 1.165) is 0 Å². The van der Waals surface area contributed by atoms with Crippen molar-refractivity contribution in [2.75, 3.05) is 33.2 Å². The van der Waals surface area contributed by atoms with E-state index in [0.29, 0.717) is 26.2 Å². The summed E-state index contributed by atoms with van der Waals surface area (Å²) < 4.78 is 0. The molecule has 2 aliphatic heterocycles. The first-order valence-electron chi connectivity index (χ1n) is 6.43. The van der Waals surface area contributed by atoms with Crippen LogP contribution in [0.25, 0.3) is 0 Å². The van der Waals surface area contributed by atoms with Gasteiger partial charge in [-0.3, -0.25) is 29.1 Å². The molecule has 0 spiro atoms. The zero-order valence-electron chi connectivity index (χ0n) is 11.2. The first kappa shape index (κ1) is 14.0. The molecule has 0 aromatic rings. The van der Waals surface area contributed by atoms with E-state index in [1.54, 1.807) is 6.92 Å². The van der Waals surface area contributed by atoms with E-state index < -0.39 is 12.0 Å². The summed E-state index contributed by atoms with van der Waals surface area (Å²) in [6.45, 7) is 4.12. The molecule has 2 saturated heterocycles. The molecule has 2 aliphatic rings. The first-order chi connectivity index (χ1) is 8.91. The number of nitrogens with zero attached hydrogens (tertiary/aromatic N) is 3. The highest BCUT2D eigenvalue weighted by Crippen LogP contribution is 2.19. The van der Waals surface area contributed by atoms with Gasteiger partial charge in [0.05, 0.1) is 12.5 Å². The molecular formula is C12H19N3O4. The van der Waals surface area contributed by atoms with Crippen molar-refractivity contribution in [1.29, 1.82) is 0 Å². The zero-order chi connectivity index (χ0) is 14.2. The predicted octanol–water partition coefficient (Wildman–Crippen LogP) is -1.17. The van der Waals surface area contributed by atoms with Crippen LogP contribution in [0.1, 0.15) is 13.3 Å². The van der Waals surface area contributed by atoms with Gasteiger partial charge in [-0.1, -0.05) is 0 Å². The van der Waals surface area contributed by atoms with E-state index in [9.17, 15) is 14.4 Å². The van der Waals surface area contributed by atoms with Gasteiger partial charge in [-0.2, -0.15) is 0 Å². The lowest BCUT2D eigenvalue weighted by Crippen LogP contribution is -2.55. The number of hydrogen-bond acceptors (Lipinski definition) is 5. The Balaban J connectivity index is 1.92. The summed E-state index contributed by atoms with van der Waals surface area (Å²) in [6, 6.07) is -0.870. The number of carbonyl (C=O) groups is 3. The van der Waals surface area contributed by atoms with Crippen molar-refractivity contribution < 1.29 is 19.5 Å². The highest BCUT2D eigenvalue weighted by molar-refractivity contribution is 6.05. The van der Waals surface area contributed by atoms with Crippen molar-refractivity contribution in [2.24, 2.45) is 0 Å².